The lowest BCUT2D eigenvalue weighted by Gasteiger charge is -2.07. The molecule has 0 saturated carbocycles. The molecule has 0 aliphatic heterocycles. The zero-order valence-electron chi connectivity index (χ0n) is 9.62. The van der Waals surface area contributed by atoms with Gasteiger partial charge in [-0.2, -0.15) is 8.78 Å². The molecule has 106 valence electrons. The van der Waals surface area contributed by atoms with E-state index in [0.717, 1.165) is 12.3 Å². The fourth-order valence-electron chi connectivity index (χ4n) is 1.39. The Kier molecular flexibility index (Phi) is 3.64. The predicted molar refractivity (Wildman–Crippen MR) is 56.3 cm³/mol. The monoisotopic (exact) mass is 290 g/mol. The summed E-state index contributed by atoms with van der Waals surface area (Å²) in [6.07, 6.45) is 0.889. The van der Waals surface area contributed by atoms with Crippen molar-refractivity contribution in [3.05, 3.63) is 53.0 Å². The van der Waals surface area contributed by atoms with E-state index < -0.39 is 41.6 Å². The number of hydrogen-bond acceptors (Lipinski definition) is 3. The van der Waals surface area contributed by atoms with E-state index in [-0.39, 0.29) is 17.4 Å². The van der Waals surface area contributed by atoms with Gasteiger partial charge in [0.2, 0.25) is 11.6 Å². The van der Waals surface area contributed by atoms with Gasteiger partial charge >= 0.3 is 5.97 Å². The van der Waals surface area contributed by atoms with E-state index in [1.165, 1.54) is 0 Å². The van der Waals surface area contributed by atoms with Crippen LogP contribution in [-0.2, 0) is 6.61 Å². The summed E-state index contributed by atoms with van der Waals surface area (Å²) in [4.78, 5) is 10.6. The summed E-state index contributed by atoms with van der Waals surface area (Å²) < 4.78 is 61.6. The Labute approximate surface area is 109 Å². The minimum absolute atomic E-state index is 0.0486. The molecule has 1 aromatic carbocycles. The molecule has 20 heavy (non-hydrogen) atoms. The summed E-state index contributed by atoms with van der Waals surface area (Å²) in [5.41, 5.74) is -0.199. The van der Waals surface area contributed by atoms with Gasteiger partial charge in [0.25, 0.3) is 0 Å². The first-order chi connectivity index (χ1) is 9.40. The smallest absolute Gasteiger partial charge is 0.338 e. The zero-order chi connectivity index (χ0) is 14.9. The molecule has 0 unspecified atom stereocenters. The first-order valence-corrected chi connectivity index (χ1v) is 5.16. The molecule has 4 nitrogen and oxygen atoms in total. The second kappa shape index (κ2) is 5.24. The number of ether oxygens (including phenoxy) is 1. The lowest BCUT2D eigenvalue weighted by atomic mass is 10.3. The maximum atomic E-state index is 13.2. The second-order valence-corrected chi connectivity index (χ2v) is 3.69. The normalized spacial score (nSPS) is 10.6. The second-order valence-electron chi connectivity index (χ2n) is 3.69. The molecule has 1 N–H and O–H groups in total. The van der Waals surface area contributed by atoms with Crippen LogP contribution in [0.4, 0.5) is 17.6 Å². The number of aromatic carboxylic acids is 1. The van der Waals surface area contributed by atoms with E-state index in [0.29, 0.717) is 0 Å². The molecule has 0 fully saturated rings. The molecule has 0 aliphatic rings. The van der Waals surface area contributed by atoms with E-state index in [4.69, 9.17) is 9.52 Å². The van der Waals surface area contributed by atoms with Crippen LogP contribution in [0.15, 0.2) is 22.8 Å². The molecule has 0 amide bonds. The van der Waals surface area contributed by atoms with Crippen LogP contribution < -0.4 is 4.74 Å². The van der Waals surface area contributed by atoms with Gasteiger partial charge in [-0.15, -0.1) is 0 Å². The molecule has 1 aromatic heterocycles. The summed E-state index contributed by atoms with van der Waals surface area (Å²) in [5, 5.41) is 8.62. The number of benzene rings is 1. The molecule has 0 atom stereocenters. The van der Waals surface area contributed by atoms with Crippen molar-refractivity contribution in [2.24, 2.45) is 0 Å². The molecule has 0 spiro atoms. The first kappa shape index (κ1) is 13.9. The van der Waals surface area contributed by atoms with E-state index in [2.05, 4.69) is 4.74 Å². The van der Waals surface area contributed by atoms with E-state index in [9.17, 15) is 22.4 Å². The number of rotatable bonds is 4. The maximum absolute atomic E-state index is 13.2. The van der Waals surface area contributed by atoms with E-state index in [1.54, 1.807) is 0 Å². The minimum atomic E-state index is -1.69. The maximum Gasteiger partial charge on any atom is 0.338 e. The summed E-state index contributed by atoms with van der Waals surface area (Å²) in [5.74, 6) is -9.17. The van der Waals surface area contributed by atoms with Crippen LogP contribution >= 0.6 is 0 Å². The molecule has 0 saturated heterocycles. The van der Waals surface area contributed by atoms with E-state index in [1.807, 2.05) is 0 Å². The van der Waals surface area contributed by atoms with Crippen LogP contribution in [0, 0.1) is 23.3 Å². The predicted octanol–water partition coefficient (Wildman–Crippen LogP) is 3.11. The quantitative estimate of drug-likeness (QED) is 0.694. The third-order valence-corrected chi connectivity index (χ3v) is 2.33. The van der Waals surface area contributed by atoms with E-state index >= 15 is 0 Å². The molecular formula is C12H6F4O4. The molecular weight excluding hydrogens is 284 g/mol. The van der Waals surface area contributed by atoms with Crippen molar-refractivity contribution in [1.29, 1.82) is 0 Å². The molecule has 1 heterocycles. The molecule has 2 aromatic rings. The Hall–Kier alpha value is -2.51. The Bertz CT molecular complexity index is 639. The number of furan rings is 1. The van der Waals surface area contributed by atoms with Crippen LogP contribution in [0.25, 0.3) is 0 Å². The Balaban J connectivity index is 2.20. The van der Waals surface area contributed by atoms with Gasteiger partial charge in [-0.1, -0.05) is 0 Å². The highest BCUT2D eigenvalue weighted by molar-refractivity contribution is 5.87. The largest absolute Gasteiger partial charge is 0.479 e. The van der Waals surface area contributed by atoms with Gasteiger partial charge in [0, 0.05) is 6.07 Å². The molecule has 2 rings (SSSR count). The average molecular weight is 290 g/mol. The first-order valence-electron chi connectivity index (χ1n) is 5.16. The SMILES string of the molecule is O=C(O)c1coc(COc2c(F)c(F)cc(F)c2F)c1. The molecule has 0 bridgehead atoms. The highest BCUT2D eigenvalue weighted by Gasteiger charge is 2.21. The summed E-state index contributed by atoms with van der Waals surface area (Å²) in [6.45, 7) is -0.593. The molecule has 0 radical (unpaired) electrons. The van der Waals surface area contributed by atoms with Crippen molar-refractivity contribution in [1.82, 2.24) is 0 Å². The Morgan fingerprint density at radius 1 is 1.15 bits per heavy atom. The third kappa shape index (κ3) is 2.58. The summed E-state index contributed by atoms with van der Waals surface area (Å²) in [7, 11) is 0. The van der Waals surface area contributed by atoms with Crippen LogP contribution in [-0.4, -0.2) is 11.1 Å². The van der Waals surface area contributed by atoms with Gasteiger partial charge in [0.1, 0.15) is 18.6 Å². The van der Waals surface area contributed by atoms with Gasteiger partial charge in [-0.25, -0.2) is 13.6 Å². The number of carboxylic acids is 1. The zero-order valence-corrected chi connectivity index (χ0v) is 9.62. The minimum Gasteiger partial charge on any atom is -0.479 e. The lowest BCUT2D eigenvalue weighted by molar-refractivity contribution is 0.0696. The van der Waals surface area contributed by atoms with Crippen molar-refractivity contribution in [3.63, 3.8) is 0 Å². The van der Waals surface area contributed by atoms with Gasteiger partial charge in [0.05, 0.1) is 5.56 Å². The van der Waals surface area contributed by atoms with Gasteiger partial charge < -0.3 is 14.3 Å². The van der Waals surface area contributed by atoms with Crippen molar-refractivity contribution >= 4 is 5.97 Å². The standard InChI is InChI=1S/C12H6F4O4/c13-7-2-8(14)10(16)11(9(7)15)20-4-6-1-5(3-19-6)12(17)18/h1-3H,4H2,(H,17,18). The van der Waals surface area contributed by atoms with Crippen LogP contribution in [0.3, 0.4) is 0 Å². The van der Waals surface area contributed by atoms with Crippen molar-refractivity contribution in [2.75, 3.05) is 0 Å². The Morgan fingerprint density at radius 2 is 1.75 bits per heavy atom. The van der Waals surface area contributed by atoms with Crippen molar-refractivity contribution < 1.29 is 36.6 Å². The van der Waals surface area contributed by atoms with Crippen molar-refractivity contribution in [3.8, 4) is 5.75 Å². The van der Waals surface area contributed by atoms with Crippen LogP contribution in [0.5, 0.6) is 5.75 Å². The number of carboxylic acid groups (broad SMARTS) is 1. The van der Waals surface area contributed by atoms with Crippen LogP contribution in [0.1, 0.15) is 16.1 Å². The number of carbonyl (C=O) groups is 1. The average Bonchev–Trinajstić information content (AvgIpc) is 2.85. The fourth-order valence-corrected chi connectivity index (χ4v) is 1.39. The summed E-state index contributed by atoms with van der Waals surface area (Å²) in [6, 6.07) is 1.10. The Morgan fingerprint density at radius 3 is 2.25 bits per heavy atom. The lowest BCUT2D eigenvalue weighted by Crippen LogP contribution is -2.03. The topological polar surface area (TPSA) is 59.7 Å². The summed E-state index contributed by atoms with van der Waals surface area (Å²) >= 11 is 0. The van der Waals surface area contributed by atoms with Gasteiger partial charge in [-0.3, -0.25) is 0 Å². The third-order valence-electron chi connectivity index (χ3n) is 2.33. The number of hydrogen-bond donors (Lipinski definition) is 1. The van der Waals surface area contributed by atoms with Gasteiger partial charge in [-0.05, 0) is 6.07 Å². The molecule has 8 heteroatoms. The van der Waals surface area contributed by atoms with Gasteiger partial charge in [0.15, 0.2) is 17.4 Å². The highest BCUT2D eigenvalue weighted by atomic mass is 19.2. The fraction of sp³-hybridized carbons (Fsp3) is 0.0833. The van der Waals surface area contributed by atoms with Crippen molar-refractivity contribution in [2.45, 2.75) is 6.61 Å². The highest BCUT2D eigenvalue weighted by Crippen LogP contribution is 2.27. The van der Waals surface area contributed by atoms with Crippen LogP contribution in [0.2, 0.25) is 0 Å². The number of halogens is 4. The molecule has 0 aliphatic carbocycles.